The number of esters is 2. The number of nitrogens with zero attached hydrogens (tertiary/aromatic N) is 1. The van der Waals surface area contributed by atoms with E-state index in [4.69, 9.17) is 37.7 Å². The molecule has 12 nitrogen and oxygen atoms in total. The van der Waals surface area contributed by atoms with Gasteiger partial charge < -0.3 is 33.7 Å². The van der Waals surface area contributed by atoms with Crippen molar-refractivity contribution < 1.29 is 75.9 Å². The summed E-state index contributed by atoms with van der Waals surface area (Å²) in [5.41, 5.74) is -2.37. The third kappa shape index (κ3) is 29.4. The number of hydrogen-bond donors (Lipinski definition) is 1. The Morgan fingerprint density at radius 3 is 1.79 bits per heavy atom. The first-order valence-corrected chi connectivity index (χ1v) is 22.0. The van der Waals surface area contributed by atoms with E-state index in [2.05, 4.69) is 17.1 Å². The molecule has 3 unspecified atom stereocenters. The minimum absolute atomic E-state index is 0. The second kappa shape index (κ2) is 30.6. The normalized spacial score (nSPS) is 13.6. The summed E-state index contributed by atoms with van der Waals surface area (Å²) in [6, 6.07) is 0. The Labute approximate surface area is 355 Å². The van der Waals surface area contributed by atoms with Crippen LogP contribution in [0.2, 0.25) is 0 Å². The van der Waals surface area contributed by atoms with Crippen molar-refractivity contribution in [3.05, 3.63) is 11.4 Å². The van der Waals surface area contributed by atoms with E-state index in [0.717, 1.165) is 36.8 Å². The van der Waals surface area contributed by atoms with Crippen LogP contribution in [-0.2, 0) is 43.4 Å². The summed E-state index contributed by atoms with van der Waals surface area (Å²) in [5, 5.41) is 1.66. The molecule has 1 amide bonds. The van der Waals surface area contributed by atoms with Crippen LogP contribution in [0, 0.1) is 18.4 Å². The van der Waals surface area contributed by atoms with Gasteiger partial charge in [-0.15, -0.1) is 11.8 Å². The first-order valence-electron chi connectivity index (χ1n) is 18.2. The number of carbonyl (C=O) groups excluding carboxylic acids is 3. The number of hydrogen-bond acceptors (Lipinski definition) is 13. The van der Waals surface area contributed by atoms with E-state index in [0.29, 0.717) is 3.53 Å². The van der Waals surface area contributed by atoms with Crippen LogP contribution in [0.4, 0.5) is 0 Å². The van der Waals surface area contributed by atoms with Crippen LogP contribution < -0.4 is 34.9 Å². The topological polar surface area (TPSA) is 162 Å². The predicted octanol–water partition coefficient (Wildman–Crippen LogP) is 3.95. The molecule has 0 radical (unpaired) electrons. The molecule has 0 aromatic heterocycles. The van der Waals surface area contributed by atoms with Crippen molar-refractivity contribution in [1.82, 2.24) is 5.32 Å². The van der Waals surface area contributed by atoms with Crippen molar-refractivity contribution in [2.75, 3.05) is 52.2 Å². The largest absolute Gasteiger partial charge is 1.00 e. The first-order chi connectivity index (χ1) is 24.4. The van der Waals surface area contributed by atoms with Crippen molar-refractivity contribution >= 4 is 67.2 Å². The Morgan fingerprint density at radius 1 is 0.830 bits per heavy atom. The van der Waals surface area contributed by atoms with Gasteiger partial charge in [0.1, 0.15) is 16.7 Å². The number of thioether (sulfide) groups is 2. The van der Waals surface area contributed by atoms with E-state index >= 15 is 0 Å². The minimum atomic E-state index is -4.68. The van der Waals surface area contributed by atoms with Gasteiger partial charge in [0.05, 0.1) is 46.2 Å². The van der Waals surface area contributed by atoms with Gasteiger partial charge in [0, 0.05) is 40.0 Å². The number of unbranched alkanes of at least 4 members (excludes halogenated alkanes) is 9. The van der Waals surface area contributed by atoms with Gasteiger partial charge in [-0.2, -0.15) is 0 Å². The molecule has 0 aliphatic carbocycles. The van der Waals surface area contributed by atoms with Crippen LogP contribution in [0.15, 0.2) is 0 Å². The molecule has 0 aromatic carbocycles. The molecule has 0 aliphatic rings. The molecule has 17 heteroatoms. The van der Waals surface area contributed by atoms with Gasteiger partial charge in [0.25, 0.3) is 0 Å². The van der Waals surface area contributed by atoms with Crippen molar-refractivity contribution in [1.29, 1.82) is 0 Å². The van der Waals surface area contributed by atoms with E-state index in [1.807, 2.05) is 0 Å². The summed E-state index contributed by atoms with van der Waals surface area (Å²) in [6.07, 6.45) is 11.9. The van der Waals surface area contributed by atoms with E-state index in [1.54, 1.807) is 13.8 Å². The smallest absolute Gasteiger partial charge is 0.748 e. The average Bonchev–Trinajstić information content (AvgIpc) is 3.04. The third-order valence-electron chi connectivity index (χ3n) is 8.09. The maximum Gasteiger partial charge on any atom is 1.00 e. The first kappa shape index (κ1) is 54.6. The predicted molar refractivity (Wildman–Crippen MR) is 212 cm³/mol. The van der Waals surface area contributed by atoms with Gasteiger partial charge in [-0.3, -0.25) is 14.4 Å². The third-order valence-corrected chi connectivity index (χ3v) is 12.1. The van der Waals surface area contributed by atoms with Crippen LogP contribution in [-0.4, -0.2) is 103 Å². The molecular formula is C36H63N2NaO10S4. The molecule has 0 heterocycles. The standard InChI is InChI=1S/C36H64N2O10S4.Na/c1-9-10-11-12-13-14-15-16-17-18-23-50-34(49)51-30(31(39)38-36(4,5)27-52(42,43)44)25-28(32(40)47-21-19-45-7)24-29(26-35(2,3)37-6)33(41)48-22-20-46-8;/h28-30H,9-27H2,1-5,7-8H3,(H,38,39)(H,42,43,44);/q;+1/p-1. The summed E-state index contributed by atoms with van der Waals surface area (Å²) in [7, 11) is -1.76. The van der Waals surface area contributed by atoms with Crippen LogP contribution in [0.1, 0.15) is 118 Å². The van der Waals surface area contributed by atoms with Gasteiger partial charge in [0.15, 0.2) is 0 Å². The van der Waals surface area contributed by atoms with Crippen LogP contribution in [0.3, 0.4) is 0 Å². The fourth-order valence-electron chi connectivity index (χ4n) is 5.48. The number of methoxy groups -OCH3 is 2. The fraction of sp³-hybridized carbons (Fsp3) is 0.861. The summed E-state index contributed by atoms with van der Waals surface area (Å²) in [5.74, 6) is -3.89. The Hall–Kier alpha value is -0.480. The molecule has 0 bridgehead atoms. The van der Waals surface area contributed by atoms with Crippen LogP contribution >= 0.6 is 35.7 Å². The average molecular weight is 835 g/mol. The maximum absolute atomic E-state index is 13.8. The van der Waals surface area contributed by atoms with Crippen molar-refractivity contribution in [3.63, 3.8) is 0 Å². The Balaban J connectivity index is 0. The van der Waals surface area contributed by atoms with Gasteiger partial charge >= 0.3 is 41.5 Å². The molecule has 0 spiro atoms. The Bertz CT molecular complexity index is 1220. The Kier molecular flexibility index (Phi) is 31.6. The summed E-state index contributed by atoms with van der Waals surface area (Å²) in [6.45, 7) is 16.3. The molecule has 0 rings (SSSR count). The molecule has 302 valence electrons. The van der Waals surface area contributed by atoms with E-state index in [1.165, 1.54) is 84.8 Å². The molecule has 3 atom stereocenters. The molecular weight excluding hydrogens is 772 g/mol. The SMILES string of the molecule is [C-]#[N+]C(C)(C)CC(CC(CC(SC(=S)SCCCCCCCCCCCC)C(=O)NC(C)(C)CS(=O)(=O)[O-])C(=O)OCCOC)C(=O)OCCOC.[Na+]. The number of amides is 1. The number of ether oxygens (including phenoxy) is 4. The number of thiocarbonyl (C=S) groups is 1. The van der Waals surface area contributed by atoms with Crippen LogP contribution in [0.5, 0.6) is 0 Å². The molecule has 0 saturated heterocycles. The van der Waals surface area contributed by atoms with Gasteiger partial charge in [-0.05, 0) is 38.9 Å². The van der Waals surface area contributed by atoms with Gasteiger partial charge in [-0.1, -0.05) is 88.7 Å². The van der Waals surface area contributed by atoms with E-state index in [9.17, 15) is 27.4 Å². The zero-order chi connectivity index (χ0) is 39.6. The van der Waals surface area contributed by atoms with Crippen molar-refractivity contribution in [3.8, 4) is 0 Å². The second-order valence-electron chi connectivity index (χ2n) is 14.3. The minimum Gasteiger partial charge on any atom is -0.748 e. The fourth-order valence-corrected chi connectivity index (χ4v) is 9.15. The monoisotopic (exact) mass is 834 g/mol. The molecule has 0 saturated carbocycles. The van der Waals surface area contributed by atoms with Crippen molar-refractivity contribution in [2.24, 2.45) is 11.8 Å². The zero-order valence-corrected chi connectivity index (χ0v) is 38.6. The summed E-state index contributed by atoms with van der Waals surface area (Å²) in [4.78, 5) is 44.3. The molecule has 1 N–H and O–H groups in total. The van der Waals surface area contributed by atoms with Crippen molar-refractivity contribution in [2.45, 2.75) is 134 Å². The number of nitrogens with one attached hydrogen (secondary N) is 1. The molecule has 53 heavy (non-hydrogen) atoms. The second-order valence-corrected chi connectivity index (χ2v) is 19.2. The number of carbonyl (C=O) groups is 3. The molecule has 0 fully saturated rings. The summed E-state index contributed by atoms with van der Waals surface area (Å²) >= 11 is 8.19. The quantitative estimate of drug-likeness (QED) is 0.0277. The number of rotatable bonds is 30. The summed E-state index contributed by atoms with van der Waals surface area (Å²) < 4.78 is 56.2. The Morgan fingerprint density at radius 2 is 1.32 bits per heavy atom. The van der Waals surface area contributed by atoms with Gasteiger partial charge in [0.2, 0.25) is 11.4 Å². The van der Waals surface area contributed by atoms with E-state index in [-0.39, 0.29) is 75.2 Å². The molecule has 0 aliphatic heterocycles. The maximum atomic E-state index is 13.8. The van der Waals surface area contributed by atoms with Crippen LogP contribution in [0.25, 0.3) is 4.85 Å². The molecule has 0 aromatic rings. The van der Waals surface area contributed by atoms with E-state index < -0.39 is 61.9 Å². The zero-order valence-electron chi connectivity index (χ0n) is 33.3. The van der Waals surface area contributed by atoms with Gasteiger partial charge in [-0.25, -0.2) is 15.0 Å².